The molecule has 70 valence electrons. The molecule has 0 radical (unpaired) electrons. The zero-order valence-electron chi connectivity index (χ0n) is 8.26. The van der Waals surface area contributed by atoms with Gasteiger partial charge in [-0.1, -0.05) is 0 Å². The maximum absolute atomic E-state index is 11.4. The molecule has 1 unspecified atom stereocenters. The number of amides is 1. The standard InChI is InChI=1S/C9H17NO2/c1-7-5-6-10(7)8(11)12-9(2,3)4/h7H,5-6H2,1-4H3. The number of hydrogen-bond acceptors (Lipinski definition) is 2. The molecule has 3 heteroatoms. The summed E-state index contributed by atoms with van der Waals surface area (Å²) in [6, 6.07) is 0.361. The predicted molar refractivity (Wildman–Crippen MR) is 47.0 cm³/mol. The fourth-order valence-corrected chi connectivity index (χ4v) is 1.11. The lowest BCUT2D eigenvalue weighted by molar-refractivity contribution is -0.00172. The summed E-state index contributed by atoms with van der Waals surface area (Å²) in [7, 11) is 0. The highest BCUT2D eigenvalue weighted by atomic mass is 16.6. The van der Waals surface area contributed by atoms with Gasteiger partial charge in [0.15, 0.2) is 0 Å². The van der Waals surface area contributed by atoms with Gasteiger partial charge in [0.2, 0.25) is 0 Å². The summed E-state index contributed by atoms with van der Waals surface area (Å²) in [6.07, 6.45) is 0.917. The van der Waals surface area contributed by atoms with Crippen LogP contribution in [0.4, 0.5) is 4.79 Å². The van der Waals surface area contributed by atoms with Gasteiger partial charge in [0, 0.05) is 12.6 Å². The third-order valence-electron chi connectivity index (χ3n) is 1.95. The van der Waals surface area contributed by atoms with E-state index in [1.54, 1.807) is 4.90 Å². The van der Waals surface area contributed by atoms with Crippen molar-refractivity contribution in [2.75, 3.05) is 6.54 Å². The average Bonchev–Trinajstić information content (AvgIpc) is 1.79. The van der Waals surface area contributed by atoms with Gasteiger partial charge in [0.05, 0.1) is 0 Å². The summed E-state index contributed by atoms with van der Waals surface area (Å²) in [5.74, 6) is 0. The van der Waals surface area contributed by atoms with Gasteiger partial charge in [-0.25, -0.2) is 4.79 Å². The van der Waals surface area contributed by atoms with Crippen molar-refractivity contribution in [3.8, 4) is 0 Å². The number of carbonyl (C=O) groups is 1. The van der Waals surface area contributed by atoms with Crippen LogP contribution in [0.25, 0.3) is 0 Å². The first-order valence-corrected chi connectivity index (χ1v) is 4.40. The molecule has 3 nitrogen and oxygen atoms in total. The van der Waals surface area contributed by atoms with Gasteiger partial charge in [-0.15, -0.1) is 0 Å². The number of ether oxygens (including phenoxy) is 1. The van der Waals surface area contributed by atoms with Crippen molar-refractivity contribution in [1.82, 2.24) is 4.90 Å². The minimum atomic E-state index is -0.369. The Hall–Kier alpha value is -0.730. The van der Waals surface area contributed by atoms with Crippen LogP contribution in [0.5, 0.6) is 0 Å². The molecule has 1 aliphatic heterocycles. The number of nitrogens with zero attached hydrogens (tertiary/aromatic N) is 1. The summed E-state index contributed by atoms with van der Waals surface area (Å²) in [6.45, 7) is 8.53. The molecule has 1 atom stereocenters. The Bertz CT molecular complexity index is 183. The average molecular weight is 171 g/mol. The normalized spacial score (nSPS) is 23.3. The van der Waals surface area contributed by atoms with E-state index < -0.39 is 0 Å². The topological polar surface area (TPSA) is 29.5 Å². The van der Waals surface area contributed by atoms with Crippen molar-refractivity contribution in [2.45, 2.75) is 45.8 Å². The maximum atomic E-state index is 11.4. The van der Waals surface area contributed by atoms with E-state index in [9.17, 15) is 4.79 Å². The molecule has 1 fully saturated rings. The van der Waals surface area contributed by atoms with Gasteiger partial charge >= 0.3 is 6.09 Å². The first-order chi connectivity index (χ1) is 5.40. The van der Waals surface area contributed by atoms with Crippen molar-refractivity contribution >= 4 is 6.09 Å². The number of hydrogen-bond donors (Lipinski definition) is 0. The van der Waals surface area contributed by atoms with Crippen LogP contribution in [-0.2, 0) is 4.74 Å². The molecule has 1 rings (SSSR count). The SMILES string of the molecule is CC1CCN1C(=O)OC(C)(C)C. The van der Waals surface area contributed by atoms with Crippen LogP contribution in [0, 0.1) is 0 Å². The fraction of sp³-hybridized carbons (Fsp3) is 0.889. The minimum Gasteiger partial charge on any atom is -0.444 e. The molecule has 0 aromatic heterocycles. The molecule has 1 saturated heterocycles. The van der Waals surface area contributed by atoms with Gasteiger partial charge in [0.25, 0.3) is 0 Å². The Labute approximate surface area is 73.7 Å². The largest absolute Gasteiger partial charge is 0.444 e. The summed E-state index contributed by atoms with van der Waals surface area (Å²) in [5.41, 5.74) is -0.369. The highest BCUT2D eigenvalue weighted by Gasteiger charge is 2.31. The zero-order valence-corrected chi connectivity index (χ0v) is 8.26. The molecule has 0 saturated carbocycles. The van der Waals surface area contributed by atoms with Crippen molar-refractivity contribution in [1.29, 1.82) is 0 Å². The second kappa shape index (κ2) is 2.96. The monoisotopic (exact) mass is 171 g/mol. The van der Waals surface area contributed by atoms with Crippen molar-refractivity contribution in [3.05, 3.63) is 0 Å². The van der Waals surface area contributed by atoms with Gasteiger partial charge in [-0.2, -0.15) is 0 Å². The van der Waals surface area contributed by atoms with Crippen molar-refractivity contribution in [3.63, 3.8) is 0 Å². The van der Waals surface area contributed by atoms with Gasteiger partial charge in [0.1, 0.15) is 5.60 Å². The van der Waals surface area contributed by atoms with Crippen LogP contribution in [0.15, 0.2) is 0 Å². The minimum absolute atomic E-state index is 0.179. The Balaban J connectivity index is 2.39. The van der Waals surface area contributed by atoms with Crippen LogP contribution < -0.4 is 0 Å². The van der Waals surface area contributed by atoms with Crippen LogP contribution in [-0.4, -0.2) is 29.2 Å². The first kappa shape index (κ1) is 9.36. The summed E-state index contributed by atoms with van der Waals surface area (Å²) in [4.78, 5) is 13.1. The summed E-state index contributed by atoms with van der Waals surface area (Å²) < 4.78 is 5.20. The number of rotatable bonds is 0. The van der Waals surface area contributed by atoms with E-state index in [1.807, 2.05) is 27.7 Å². The summed E-state index contributed by atoms with van der Waals surface area (Å²) >= 11 is 0. The van der Waals surface area contributed by atoms with Crippen LogP contribution in [0.1, 0.15) is 34.1 Å². The molecule has 12 heavy (non-hydrogen) atoms. The molecule has 0 N–H and O–H groups in total. The van der Waals surface area contributed by atoms with E-state index in [0.717, 1.165) is 13.0 Å². The second-order valence-corrected chi connectivity index (χ2v) is 4.31. The molecule has 1 heterocycles. The van der Waals surface area contributed by atoms with Crippen molar-refractivity contribution < 1.29 is 9.53 Å². The van der Waals surface area contributed by atoms with E-state index in [4.69, 9.17) is 4.74 Å². The molecule has 0 spiro atoms. The van der Waals surface area contributed by atoms with E-state index in [-0.39, 0.29) is 11.7 Å². The Morgan fingerprint density at radius 1 is 1.50 bits per heavy atom. The number of likely N-dealkylation sites (tertiary alicyclic amines) is 1. The smallest absolute Gasteiger partial charge is 0.410 e. The lowest BCUT2D eigenvalue weighted by Gasteiger charge is -2.39. The Morgan fingerprint density at radius 3 is 2.33 bits per heavy atom. The first-order valence-electron chi connectivity index (χ1n) is 4.40. The van der Waals surface area contributed by atoms with E-state index in [0.29, 0.717) is 6.04 Å². The molecule has 0 aromatic rings. The van der Waals surface area contributed by atoms with Crippen LogP contribution >= 0.6 is 0 Å². The van der Waals surface area contributed by atoms with Crippen molar-refractivity contribution in [2.24, 2.45) is 0 Å². The number of carbonyl (C=O) groups excluding carboxylic acids is 1. The fourth-order valence-electron chi connectivity index (χ4n) is 1.11. The lowest BCUT2D eigenvalue weighted by atomic mass is 10.1. The lowest BCUT2D eigenvalue weighted by Crippen LogP contribution is -2.51. The van der Waals surface area contributed by atoms with Gasteiger partial charge in [-0.05, 0) is 34.1 Å². The third kappa shape index (κ3) is 2.13. The van der Waals surface area contributed by atoms with Crippen LogP contribution in [0.3, 0.4) is 0 Å². The maximum Gasteiger partial charge on any atom is 0.410 e. The molecule has 1 amide bonds. The van der Waals surface area contributed by atoms with Crippen LogP contribution in [0.2, 0.25) is 0 Å². The second-order valence-electron chi connectivity index (χ2n) is 4.31. The quantitative estimate of drug-likeness (QED) is 0.558. The summed E-state index contributed by atoms with van der Waals surface area (Å²) in [5, 5.41) is 0. The molecule has 0 bridgehead atoms. The predicted octanol–water partition coefficient (Wildman–Crippen LogP) is 2.02. The molecule has 0 aliphatic carbocycles. The molecular formula is C9H17NO2. The third-order valence-corrected chi connectivity index (χ3v) is 1.95. The zero-order chi connectivity index (χ0) is 9.35. The Morgan fingerprint density at radius 2 is 2.08 bits per heavy atom. The highest BCUT2D eigenvalue weighted by Crippen LogP contribution is 2.20. The van der Waals surface area contributed by atoms with E-state index in [1.165, 1.54) is 0 Å². The molecule has 0 aromatic carbocycles. The van der Waals surface area contributed by atoms with Gasteiger partial charge < -0.3 is 9.64 Å². The Kier molecular flexibility index (Phi) is 2.31. The van der Waals surface area contributed by atoms with Gasteiger partial charge in [-0.3, -0.25) is 0 Å². The molecular weight excluding hydrogens is 154 g/mol. The van der Waals surface area contributed by atoms with E-state index >= 15 is 0 Å². The van der Waals surface area contributed by atoms with E-state index in [2.05, 4.69) is 0 Å². The molecule has 1 aliphatic rings. The highest BCUT2D eigenvalue weighted by molar-refractivity contribution is 5.69.